The van der Waals surface area contributed by atoms with Crippen molar-refractivity contribution in [2.45, 2.75) is 32.9 Å². The van der Waals surface area contributed by atoms with Crippen molar-refractivity contribution < 1.29 is 9.66 Å². The van der Waals surface area contributed by atoms with Gasteiger partial charge >= 0.3 is 0 Å². The zero-order valence-electron chi connectivity index (χ0n) is 16.7. The van der Waals surface area contributed by atoms with Crippen LogP contribution in [0.1, 0.15) is 32.4 Å². The van der Waals surface area contributed by atoms with Crippen LogP contribution < -0.4 is 15.6 Å². The van der Waals surface area contributed by atoms with Gasteiger partial charge in [0, 0.05) is 18.2 Å². The molecule has 0 saturated carbocycles. The summed E-state index contributed by atoms with van der Waals surface area (Å²) in [4.78, 5) is 23.0. The third-order valence-corrected chi connectivity index (χ3v) is 4.69. The van der Waals surface area contributed by atoms with Crippen molar-refractivity contribution in [3.05, 3.63) is 85.8 Å². The number of hydrogen-bond acceptors (Lipinski definition) is 6. The maximum absolute atomic E-state index is 12.7. The first kappa shape index (κ1) is 21.3. The van der Waals surface area contributed by atoms with E-state index in [1.165, 1.54) is 30.5 Å². The van der Waals surface area contributed by atoms with Crippen molar-refractivity contribution in [3.8, 4) is 11.4 Å². The van der Waals surface area contributed by atoms with Crippen molar-refractivity contribution in [1.82, 2.24) is 9.78 Å². The fourth-order valence-corrected chi connectivity index (χ4v) is 3.06. The van der Waals surface area contributed by atoms with Crippen molar-refractivity contribution in [2.75, 3.05) is 5.32 Å². The van der Waals surface area contributed by atoms with Crippen LogP contribution in [0.2, 0.25) is 5.02 Å². The summed E-state index contributed by atoms with van der Waals surface area (Å²) < 4.78 is 6.82. The molecular formula is C21H21ClN4O4. The van der Waals surface area contributed by atoms with Crippen molar-refractivity contribution >= 4 is 23.0 Å². The minimum absolute atomic E-state index is 0.0233. The molecule has 3 rings (SSSR count). The molecular weight excluding hydrogens is 408 g/mol. The molecule has 9 heteroatoms. The van der Waals surface area contributed by atoms with Gasteiger partial charge in [-0.3, -0.25) is 14.9 Å². The molecule has 1 heterocycles. The van der Waals surface area contributed by atoms with Crippen LogP contribution in [0.25, 0.3) is 5.69 Å². The highest BCUT2D eigenvalue weighted by molar-refractivity contribution is 6.33. The molecule has 1 unspecified atom stereocenters. The summed E-state index contributed by atoms with van der Waals surface area (Å²) in [7, 11) is 0. The molecule has 0 bridgehead atoms. The number of aromatic nitrogens is 2. The number of ether oxygens (including phenoxy) is 1. The molecule has 30 heavy (non-hydrogen) atoms. The molecule has 1 aromatic heterocycles. The second-order valence-corrected chi connectivity index (χ2v) is 7.35. The van der Waals surface area contributed by atoms with E-state index in [4.69, 9.17) is 16.3 Å². The number of nitrogens with zero attached hydrogens (tertiary/aromatic N) is 3. The van der Waals surface area contributed by atoms with Crippen LogP contribution in [0.5, 0.6) is 5.75 Å². The fraction of sp³-hybridized carbons (Fsp3) is 0.238. The highest BCUT2D eigenvalue weighted by Crippen LogP contribution is 2.26. The highest BCUT2D eigenvalue weighted by atomic mass is 35.5. The zero-order valence-corrected chi connectivity index (χ0v) is 17.5. The molecule has 0 radical (unpaired) electrons. The molecule has 0 aliphatic carbocycles. The van der Waals surface area contributed by atoms with Crippen LogP contribution in [-0.2, 0) is 0 Å². The second-order valence-electron chi connectivity index (χ2n) is 6.97. The predicted molar refractivity (Wildman–Crippen MR) is 116 cm³/mol. The summed E-state index contributed by atoms with van der Waals surface area (Å²) >= 11 is 6.29. The van der Waals surface area contributed by atoms with E-state index < -0.39 is 10.5 Å². The molecule has 0 saturated heterocycles. The van der Waals surface area contributed by atoms with Crippen LogP contribution in [0.4, 0.5) is 11.4 Å². The summed E-state index contributed by atoms with van der Waals surface area (Å²) in [6.07, 6.45) is 1.52. The second kappa shape index (κ2) is 8.96. The minimum Gasteiger partial charge on any atom is -0.491 e. The molecule has 1 atom stereocenters. The maximum Gasteiger partial charge on any atom is 0.292 e. The lowest BCUT2D eigenvalue weighted by molar-refractivity contribution is -0.384. The van der Waals surface area contributed by atoms with Crippen molar-refractivity contribution in [3.63, 3.8) is 0 Å². The first-order chi connectivity index (χ1) is 14.3. The van der Waals surface area contributed by atoms with Gasteiger partial charge in [-0.1, -0.05) is 23.7 Å². The number of nitro groups is 1. The van der Waals surface area contributed by atoms with Gasteiger partial charge in [0.05, 0.1) is 28.6 Å². The van der Waals surface area contributed by atoms with Gasteiger partial charge in [0.25, 0.3) is 11.2 Å². The summed E-state index contributed by atoms with van der Waals surface area (Å²) in [5, 5.41) is 18.1. The van der Waals surface area contributed by atoms with E-state index in [2.05, 4.69) is 10.4 Å². The van der Waals surface area contributed by atoms with E-state index in [9.17, 15) is 14.9 Å². The standard InChI is InChI=1S/C21H21ClN4O4/c1-13(2)30-18-6-4-5-15(11-18)14(3)24-19-12-23-25(21(27)20(19)22)16-7-9-17(10-8-16)26(28)29/h4-14,24H,1-3H3. The van der Waals surface area contributed by atoms with Crippen LogP contribution in [-0.4, -0.2) is 20.8 Å². The lowest BCUT2D eigenvalue weighted by Gasteiger charge is -2.18. The number of non-ortho nitro benzene ring substituents is 1. The Morgan fingerprint density at radius 2 is 1.87 bits per heavy atom. The quantitative estimate of drug-likeness (QED) is 0.430. The monoisotopic (exact) mass is 428 g/mol. The van der Waals surface area contributed by atoms with Gasteiger partial charge in [-0.15, -0.1) is 0 Å². The first-order valence-corrected chi connectivity index (χ1v) is 9.70. The van der Waals surface area contributed by atoms with Gasteiger partial charge in [-0.05, 0) is 50.6 Å². The van der Waals surface area contributed by atoms with E-state index >= 15 is 0 Å². The number of rotatable bonds is 7. The van der Waals surface area contributed by atoms with Gasteiger partial charge in [-0.25, -0.2) is 0 Å². The minimum atomic E-state index is -0.528. The Bertz CT molecular complexity index is 1110. The van der Waals surface area contributed by atoms with E-state index in [1.54, 1.807) is 0 Å². The smallest absolute Gasteiger partial charge is 0.292 e. The Morgan fingerprint density at radius 1 is 1.17 bits per heavy atom. The highest BCUT2D eigenvalue weighted by Gasteiger charge is 2.15. The normalized spacial score (nSPS) is 11.9. The predicted octanol–water partition coefficient (Wildman–Crippen LogP) is 4.75. The Labute approximate surface area is 178 Å². The third-order valence-electron chi connectivity index (χ3n) is 4.33. The van der Waals surface area contributed by atoms with Crippen molar-refractivity contribution in [1.29, 1.82) is 0 Å². The summed E-state index contributed by atoms with van der Waals surface area (Å²) in [5.41, 5.74) is 1.13. The number of anilines is 1. The molecule has 0 aliphatic rings. The van der Waals surface area contributed by atoms with Crippen molar-refractivity contribution in [2.24, 2.45) is 0 Å². The average molecular weight is 429 g/mol. The van der Waals surface area contributed by atoms with E-state index in [0.29, 0.717) is 11.4 Å². The Morgan fingerprint density at radius 3 is 2.50 bits per heavy atom. The number of benzene rings is 2. The van der Waals surface area contributed by atoms with Crippen LogP contribution in [0.3, 0.4) is 0 Å². The Kier molecular flexibility index (Phi) is 6.37. The number of nitro benzene ring substituents is 1. The number of hydrogen-bond donors (Lipinski definition) is 1. The molecule has 0 amide bonds. The van der Waals surface area contributed by atoms with Gasteiger partial charge in [-0.2, -0.15) is 9.78 Å². The SMILES string of the molecule is CC(C)Oc1cccc(C(C)Nc2cnn(-c3ccc([N+](=O)[O-])cc3)c(=O)c2Cl)c1. The molecule has 0 aliphatic heterocycles. The molecule has 1 N–H and O–H groups in total. The van der Waals surface area contributed by atoms with Gasteiger partial charge in [0.2, 0.25) is 0 Å². The number of nitrogens with one attached hydrogen (secondary N) is 1. The lowest BCUT2D eigenvalue weighted by Crippen LogP contribution is -2.23. The number of halogens is 1. The largest absolute Gasteiger partial charge is 0.491 e. The fourth-order valence-electron chi connectivity index (χ4n) is 2.88. The van der Waals surface area contributed by atoms with Crippen LogP contribution in [0, 0.1) is 10.1 Å². The maximum atomic E-state index is 12.7. The molecule has 0 fully saturated rings. The van der Waals surface area contributed by atoms with E-state index in [0.717, 1.165) is 16.0 Å². The van der Waals surface area contributed by atoms with Crippen LogP contribution >= 0.6 is 11.6 Å². The zero-order chi connectivity index (χ0) is 21.8. The van der Waals surface area contributed by atoms with Crippen LogP contribution in [0.15, 0.2) is 59.5 Å². The summed E-state index contributed by atoms with van der Waals surface area (Å²) in [6.45, 7) is 5.85. The third kappa shape index (κ3) is 4.77. The van der Waals surface area contributed by atoms with Gasteiger partial charge in [0.1, 0.15) is 10.8 Å². The molecule has 8 nitrogen and oxygen atoms in total. The molecule has 2 aromatic carbocycles. The van der Waals surface area contributed by atoms with E-state index in [-0.39, 0.29) is 22.9 Å². The Balaban J connectivity index is 1.83. The first-order valence-electron chi connectivity index (χ1n) is 9.32. The summed E-state index contributed by atoms with van der Waals surface area (Å²) in [5.74, 6) is 0.758. The average Bonchev–Trinajstić information content (AvgIpc) is 2.71. The topological polar surface area (TPSA) is 99.3 Å². The molecule has 3 aromatic rings. The summed E-state index contributed by atoms with van der Waals surface area (Å²) in [6, 6.07) is 13.0. The van der Waals surface area contributed by atoms with Gasteiger partial charge < -0.3 is 10.1 Å². The Hall–Kier alpha value is -3.39. The lowest BCUT2D eigenvalue weighted by atomic mass is 10.1. The van der Waals surface area contributed by atoms with E-state index in [1.807, 2.05) is 45.0 Å². The molecule has 156 valence electrons. The molecule has 0 spiro atoms. The van der Waals surface area contributed by atoms with Gasteiger partial charge in [0.15, 0.2) is 0 Å².